The van der Waals surface area contributed by atoms with Gasteiger partial charge in [0.15, 0.2) is 0 Å². The Bertz CT molecular complexity index is 93.7. The lowest BCUT2D eigenvalue weighted by molar-refractivity contribution is 0.687. The van der Waals surface area contributed by atoms with E-state index in [4.69, 9.17) is 0 Å². The van der Waals surface area contributed by atoms with E-state index in [0.29, 0.717) is 4.83 Å². The second-order valence-corrected chi connectivity index (χ2v) is 4.61. The first-order valence-electron chi connectivity index (χ1n) is 2.28. The van der Waals surface area contributed by atoms with Gasteiger partial charge in [0.25, 0.3) is 0 Å². The van der Waals surface area contributed by atoms with Gasteiger partial charge in [0.2, 0.25) is 0 Å². The SMILES string of the molecule is O=S1CCC(Br)C1. The summed E-state index contributed by atoms with van der Waals surface area (Å²) in [5.74, 6) is 1.76. The van der Waals surface area contributed by atoms with Crippen molar-refractivity contribution in [3.05, 3.63) is 0 Å². The van der Waals surface area contributed by atoms with Gasteiger partial charge in [0.05, 0.1) is 0 Å². The van der Waals surface area contributed by atoms with Crippen molar-refractivity contribution in [3.63, 3.8) is 0 Å². The summed E-state index contributed by atoms with van der Waals surface area (Å²) >= 11 is 3.39. The molecular weight excluding hydrogens is 176 g/mol. The molecule has 0 aromatic heterocycles. The van der Waals surface area contributed by atoms with E-state index in [0.717, 1.165) is 17.9 Å². The molecule has 42 valence electrons. The highest BCUT2D eigenvalue weighted by atomic mass is 79.9. The standard InChI is InChI=1S/C4H7BrOS/c5-4-1-2-7(6)3-4/h4H,1-3H2. The minimum Gasteiger partial charge on any atom is -0.260 e. The van der Waals surface area contributed by atoms with Crippen molar-refractivity contribution < 1.29 is 4.21 Å². The van der Waals surface area contributed by atoms with Crippen LogP contribution in [0.25, 0.3) is 0 Å². The van der Waals surface area contributed by atoms with E-state index in [9.17, 15) is 4.21 Å². The van der Waals surface area contributed by atoms with Gasteiger partial charge in [-0.2, -0.15) is 0 Å². The van der Waals surface area contributed by atoms with E-state index >= 15 is 0 Å². The highest BCUT2D eigenvalue weighted by molar-refractivity contribution is 9.09. The van der Waals surface area contributed by atoms with Gasteiger partial charge in [-0.05, 0) is 6.42 Å². The predicted molar refractivity (Wildman–Crippen MR) is 35.2 cm³/mol. The lowest BCUT2D eigenvalue weighted by atomic mass is 10.4. The zero-order valence-electron chi connectivity index (χ0n) is 3.89. The summed E-state index contributed by atoms with van der Waals surface area (Å²) in [4.78, 5) is 0.535. The van der Waals surface area contributed by atoms with Gasteiger partial charge >= 0.3 is 0 Å². The molecule has 7 heavy (non-hydrogen) atoms. The Morgan fingerprint density at radius 3 is 2.57 bits per heavy atom. The molecule has 1 aliphatic rings. The van der Waals surface area contributed by atoms with E-state index in [-0.39, 0.29) is 0 Å². The van der Waals surface area contributed by atoms with Crippen molar-refractivity contribution in [2.24, 2.45) is 0 Å². The van der Waals surface area contributed by atoms with Crippen LogP contribution in [0.4, 0.5) is 0 Å². The van der Waals surface area contributed by atoms with Crippen molar-refractivity contribution in [1.82, 2.24) is 0 Å². The lowest BCUT2D eigenvalue weighted by Crippen LogP contribution is -1.94. The highest BCUT2D eigenvalue weighted by Crippen LogP contribution is 2.14. The zero-order chi connectivity index (χ0) is 5.28. The fourth-order valence-corrected chi connectivity index (χ4v) is 3.33. The molecular formula is C4H7BrOS. The first-order chi connectivity index (χ1) is 3.29. The van der Waals surface area contributed by atoms with Crippen molar-refractivity contribution in [1.29, 1.82) is 0 Å². The fourth-order valence-electron chi connectivity index (χ4n) is 0.628. The number of rotatable bonds is 0. The second-order valence-electron chi connectivity index (χ2n) is 1.70. The number of alkyl halides is 1. The van der Waals surface area contributed by atoms with Crippen molar-refractivity contribution in [2.75, 3.05) is 11.5 Å². The van der Waals surface area contributed by atoms with Crippen molar-refractivity contribution >= 4 is 26.7 Å². The largest absolute Gasteiger partial charge is 0.260 e. The molecule has 0 aromatic carbocycles. The van der Waals surface area contributed by atoms with Gasteiger partial charge in [-0.1, -0.05) is 15.9 Å². The molecule has 0 bridgehead atoms. The molecule has 0 saturated carbocycles. The lowest BCUT2D eigenvalue weighted by Gasteiger charge is -1.87. The van der Waals surface area contributed by atoms with Crippen LogP contribution in [-0.2, 0) is 10.8 Å². The van der Waals surface area contributed by atoms with E-state index in [2.05, 4.69) is 15.9 Å². The molecule has 0 aromatic rings. The fraction of sp³-hybridized carbons (Fsp3) is 1.00. The van der Waals surface area contributed by atoms with Crippen LogP contribution in [0.3, 0.4) is 0 Å². The smallest absolute Gasteiger partial charge is 0.0360 e. The number of hydrogen-bond donors (Lipinski definition) is 0. The van der Waals surface area contributed by atoms with Crippen LogP contribution >= 0.6 is 15.9 Å². The van der Waals surface area contributed by atoms with Gasteiger partial charge in [-0.25, -0.2) is 0 Å². The zero-order valence-corrected chi connectivity index (χ0v) is 6.30. The Morgan fingerprint density at radius 1 is 1.71 bits per heavy atom. The summed E-state index contributed by atoms with van der Waals surface area (Å²) in [6.07, 6.45) is 1.09. The minimum atomic E-state index is -0.500. The van der Waals surface area contributed by atoms with Crippen LogP contribution in [0.15, 0.2) is 0 Å². The van der Waals surface area contributed by atoms with Crippen LogP contribution in [0.5, 0.6) is 0 Å². The summed E-state index contributed by atoms with van der Waals surface area (Å²) in [5, 5.41) is 0. The molecule has 1 aliphatic heterocycles. The Balaban J connectivity index is 2.40. The van der Waals surface area contributed by atoms with Gasteiger partial charge in [-0.15, -0.1) is 0 Å². The van der Waals surface area contributed by atoms with Crippen LogP contribution in [-0.4, -0.2) is 20.5 Å². The topological polar surface area (TPSA) is 17.1 Å². The Hall–Kier alpha value is 0.630. The molecule has 1 saturated heterocycles. The van der Waals surface area contributed by atoms with Gasteiger partial charge in [-0.3, -0.25) is 4.21 Å². The third kappa shape index (κ3) is 1.53. The third-order valence-corrected chi connectivity index (χ3v) is 3.70. The quantitative estimate of drug-likeness (QED) is 0.510. The summed E-state index contributed by atoms with van der Waals surface area (Å²) in [5.41, 5.74) is 0. The van der Waals surface area contributed by atoms with Gasteiger partial charge in [0.1, 0.15) is 0 Å². The molecule has 1 heterocycles. The maximum absolute atomic E-state index is 10.5. The Labute approximate surface area is 54.1 Å². The maximum Gasteiger partial charge on any atom is 0.0360 e. The third-order valence-electron chi connectivity index (χ3n) is 1.03. The molecule has 2 atom stereocenters. The molecule has 1 rings (SSSR count). The first-order valence-corrected chi connectivity index (χ1v) is 4.68. The number of halogens is 1. The van der Waals surface area contributed by atoms with E-state index < -0.39 is 10.8 Å². The first kappa shape index (κ1) is 5.76. The molecule has 2 unspecified atom stereocenters. The molecule has 0 aliphatic carbocycles. The molecule has 1 fully saturated rings. The summed E-state index contributed by atoms with van der Waals surface area (Å²) in [6, 6.07) is 0. The van der Waals surface area contributed by atoms with E-state index in [1.54, 1.807) is 0 Å². The molecule has 0 amide bonds. The molecule has 0 radical (unpaired) electrons. The van der Waals surface area contributed by atoms with Gasteiger partial charge < -0.3 is 0 Å². The van der Waals surface area contributed by atoms with E-state index in [1.165, 1.54) is 0 Å². The van der Waals surface area contributed by atoms with Crippen molar-refractivity contribution in [3.8, 4) is 0 Å². The molecule has 3 heteroatoms. The van der Waals surface area contributed by atoms with Crippen molar-refractivity contribution in [2.45, 2.75) is 11.2 Å². The maximum atomic E-state index is 10.5. The normalized spacial score (nSPS) is 41.9. The molecule has 0 spiro atoms. The predicted octanol–water partition coefficient (Wildman–Crippen LogP) is 0.902. The molecule has 1 nitrogen and oxygen atoms in total. The van der Waals surface area contributed by atoms with Crippen LogP contribution in [0.1, 0.15) is 6.42 Å². The number of hydrogen-bond acceptors (Lipinski definition) is 1. The average Bonchev–Trinajstić information content (AvgIpc) is 1.87. The van der Waals surface area contributed by atoms with Crippen LogP contribution in [0.2, 0.25) is 0 Å². The van der Waals surface area contributed by atoms with Crippen LogP contribution in [0, 0.1) is 0 Å². The molecule has 0 N–H and O–H groups in total. The monoisotopic (exact) mass is 182 g/mol. The second kappa shape index (κ2) is 2.27. The summed E-state index contributed by atoms with van der Waals surface area (Å²) < 4.78 is 10.5. The summed E-state index contributed by atoms with van der Waals surface area (Å²) in [6.45, 7) is 0. The Kier molecular flexibility index (Phi) is 1.87. The van der Waals surface area contributed by atoms with E-state index in [1.807, 2.05) is 0 Å². The van der Waals surface area contributed by atoms with Crippen LogP contribution < -0.4 is 0 Å². The summed E-state index contributed by atoms with van der Waals surface area (Å²) in [7, 11) is -0.500. The average molecular weight is 183 g/mol. The van der Waals surface area contributed by atoms with Gasteiger partial charge in [0, 0.05) is 27.1 Å². The Morgan fingerprint density at radius 2 is 2.43 bits per heavy atom. The highest BCUT2D eigenvalue weighted by Gasteiger charge is 2.16. The minimum absolute atomic E-state index is 0.500.